The Labute approximate surface area is 168 Å². The Morgan fingerprint density at radius 3 is 1.39 bits per heavy atom. The van der Waals surface area contributed by atoms with E-state index in [1.807, 2.05) is 12.1 Å². The van der Waals surface area contributed by atoms with E-state index in [4.69, 9.17) is 0 Å². The fraction of sp³-hybridized carbons (Fsp3) is 0. The summed E-state index contributed by atoms with van der Waals surface area (Å²) < 4.78 is 2.29. The molecular weight excluding hydrogens is 380 g/mol. The molecule has 4 heteroatoms. The molecular formula is C24H10N2S2. The van der Waals surface area contributed by atoms with Crippen molar-refractivity contribution in [3.63, 3.8) is 0 Å². The van der Waals surface area contributed by atoms with Gasteiger partial charge in [-0.15, -0.1) is 22.7 Å². The van der Waals surface area contributed by atoms with Crippen molar-refractivity contribution < 1.29 is 0 Å². The van der Waals surface area contributed by atoms with E-state index in [1.165, 1.54) is 55.0 Å². The minimum atomic E-state index is 0.744. The van der Waals surface area contributed by atoms with Gasteiger partial charge in [0.25, 0.3) is 0 Å². The summed E-state index contributed by atoms with van der Waals surface area (Å²) in [4.78, 5) is 1.49. The third kappa shape index (κ3) is 2.11. The minimum absolute atomic E-state index is 0.744. The van der Waals surface area contributed by atoms with Gasteiger partial charge in [0.15, 0.2) is 0 Å². The molecule has 0 bridgehead atoms. The van der Waals surface area contributed by atoms with Crippen LogP contribution < -0.4 is 0 Å². The highest BCUT2D eigenvalue weighted by atomic mass is 32.1. The first-order valence-electron chi connectivity index (χ1n) is 8.80. The van der Waals surface area contributed by atoms with Crippen molar-refractivity contribution in [2.24, 2.45) is 0 Å². The number of hydrogen-bond donors (Lipinski definition) is 0. The van der Waals surface area contributed by atoms with Gasteiger partial charge in [0.1, 0.15) is 21.9 Å². The van der Waals surface area contributed by atoms with Crippen molar-refractivity contribution >= 4 is 75.2 Å². The number of hydrogen-bond acceptors (Lipinski definition) is 4. The Hall–Kier alpha value is -3.44. The topological polar surface area (TPSA) is 47.6 Å². The average molecular weight is 390 g/mol. The zero-order valence-electron chi connectivity index (χ0n) is 14.5. The van der Waals surface area contributed by atoms with Crippen LogP contribution in [0.3, 0.4) is 0 Å². The maximum absolute atomic E-state index is 9.21. The van der Waals surface area contributed by atoms with Crippen molar-refractivity contribution in [3.8, 4) is 12.1 Å². The molecule has 0 aliphatic carbocycles. The number of fused-ring (bicyclic) bond motifs is 7. The van der Waals surface area contributed by atoms with Crippen LogP contribution in [0, 0.1) is 22.7 Å². The van der Waals surface area contributed by atoms with Gasteiger partial charge < -0.3 is 0 Å². The second-order valence-electron chi connectivity index (χ2n) is 6.89. The highest BCUT2D eigenvalue weighted by Gasteiger charge is 2.10. The number of rotatable bonds is 0. The number of nitrogens with zero attached hydrogens (tertiary/aromatic N) is 2. The zero-order valence-corrected chi connectivity index (χ0v) is 16.1. The Balaban J connectivity index is 1.74. The predicted octanol–water partition coefficient (Wildman–Crippen LogP) is 7.32. The molecule has 0 N–H and O–H groups in total. The first-order valence-corrected chi connectivity index (χ1v) is 10.4. The lowest BCUT2D eigenvalue weighted by molar-refractivity contribution is 1.52. The lowest BCUT2D eigenvalue weighted by Gasteiger charge is -2.08. The molecule has 0 spiro atoms. The van der Waals surface area contributed by atoms with Crippen molar-refractivity contribution in [2.75, 3.05) is 0 Å². The summed E-state index contributed by atoms with van der Waals surface area (Å²) in [5.74, 6) is 0. The highest BCUT2D eigenvalue weighted by molar-refractivity contribution is 7.20. The third-order valence-electron chi connectivity index (χ3n) is 5.33. The van der Waals surface area contributed by atoms with Crippen LogP contribution in [-0.4, -0.2) is 0 Å². The van der Waals surface area contributed by atoms with Crippen LogP contribution in [0.15, 0.2) is 60.7 Å². The van der Waals surface area contributed by atoms with Gasteiger partial charge in [-0.05, 0) is 79.5 Å². The smallest absolute Gasteiger partial charge is 0.110 e. The molecule has 0 amide bonds. The van der Waals surface area contributed by atoms with E-state index in [9.17, 15) is 10.5 Å². The standard InChI is InChI=1S/C24H10N2S2/c25-11-17-5-15-7-21-13(9-23(15)27-17)1-3-19-20(21)4-2-14-10-24-16(8-22(14)19)6-18(12-26)28-24/h1-10H. The molecule has 0 saturated carbocycles. The van der Waals surface area contributed by atoms with E-state index in [0.29, 0.717) is 0 Å². The Morgan fingerprint density at radius 1 is 0.500 bits per heavy atom. The monoisotopic (exact) mass is 390 g/mol. The van der Waals surface area contributed by atoms with Crippen molar-refractivity contribution in [3.05, 3.63) is 70.4 Å². The van der Waals surface area contributed by atoms with Gasteiger partial charge in [0.2, 0.25) is 0 Å². The molecule has 0 atom stereocenters. The summed E-state index contributed by atoms with van der Waals surface area (Å²) in [7, 11) is 0. The summed E-state index contributed by atoms with van der Waals surface area (Å²) in [6.45, 7) is 0. The van der Waals surface area contributed by atoms with Crippen molar-refractivity contribution in [1.82, 2.24) is 0 Å². The molecule has 0 aliphatic heterocycles. The second-order valence-corrected chi connectivity index (χ2v) is 9.06. The van der Waals surface area contributed by atoms with Crippen LogP contribution in [-0.2, 0) is 0 Å². The molecule has 2 heterocycles. The first kappa shape index (κ1) is 15.6. The molecule has 2 aromatic heterocycles. The molecule has 0 unspecified atom stereocenters. The predicted molar refractivity (Wildman–Crippen MR) is 119 cm³/mol. The lowest BCUT2D eigenvalue weighted by Crippen LogP contribution is -1.81. The van der Waals surface area contributed by atoms with Crippen LogP contribution in [0.2, 0.25) is 0 Å². The van der Waals surface area contributed by atoms with Crippen LogP contribution in [0.25, 0.3) is 52.5 Å². The summed E-state index contributed by atoms with van der Waals surface area (Å²) in [6, 6.07) is 25.9. The van der Waals surface area contributed by atoms with Crippen molar-refractivity contribution in [1.29, 1.82) is 10.5 Å². The zero-order chi connectivity index (χ0) is 18.8. The van der Waals surface area contributed by atoms with Gasteiger partial charge in [0, 0.05) is 9.40 Å². The maximum atomic E-state index is 9.21. The maximum Gasteiger partial charge on any atom is 0.110 e. The number of thiophene rings is 2. The molecule has 0 radical (unpaired) electrons. The van der Waals surface area contributed by atoms with Crippen LogP contribution in [0.1, 0.15) is 9.75 Å². The Kier molecular flexibility index (Phi) is 3.08. The molecule has 0 fully saturated rings. The quantitative estimate of drug-likeness (QED) is 0.255. The molecule has 28 heavy (non-hydrogen) atoms. The van der Waals surface area contributed by atoms with E-state index in [0.717, 1.165) is 29.9 Å². The molecule has 128 valence electrons. The molecule has 6 aromatic rings. The van der Waals surface area contributed by atoms with Gasteiger partial charge >= 0.3 is 0 Å². The van der Waals surface area contributed by atoms with Gasteiger partial charge in [-0.2, -0.15) is 10.5 Å². The SMILES string of the molecule is N#Cc1cc2cc3c(ccc4c5cc6cc(C#N)sc6cc5ccc34)cc2s1. The molecule has 6 rings (SSSR count). The third-order valence-corrected chi connectivity index (χ3v) is 7.33. The van der Waals surface area contributed by atoms with E-state index in [1.54, 1.807) is 0 Å². The van der Waals surface area contributed by atoms with Crippen LogP contribution >= 0.6 is 22.7 Å². The fourth-order valence-electron chi connectivity index (χ4n) is 4.05. The van der Waals surface area contributed by atoms with Crippen LogP contribution in [0.5, 0.6) is 0 Å². The van der Waals surface area contributed by atoms with Crippen molar-refractivity contribution in [2.45, 2.75) is 0 Å². The Bertz CT molecular complexity index is 1560. The Morgan fingerprint density at radius 2 is 0.964 bits per heavy atom. The molecule has 4 aromatic carbocycles. The average Bonchev–Trinajstić information content (AvgIpc) is 3.32. The largest absolute Gasteiger partial charge is 0.192 e. The number of nitriles is 2. The summed E-state index contributed by atoms with van der Waals surface area (Å²) in [5.41, 5.74) is 0. The van der Waals surface area contributed by atoms with E-state index < -0.39 is 0 Å². The molecule has 0 aliphatic rings. The van der Waals surface area contributed by atoms with Gasteiger partial charge in [-0.3, -0.25) is 0 Å². The molecule has 2 nitrogen and oxygen atoms in total. The van der Waals surface area contributed by atoms with Gasteiger partial charge in [0.05, 0.1) is 0 Å². The summed E-state index contributed by atoms with van der Waals surface area (Å²) in [6.07, 6.45) is 0. The lowest BCUT2D eigenvalue weighted by atomic mass is 9.96. The normalized spacial score (nSPS) is 11.5. The summed E-state index contributed by atoms with van der Waals surface area (Å²) >= 11 is 3.08. The fourth-order valence-corrected chi connectivity index (χ4v) is 5.83. The van der Waals surface area contributed by atoms with E-state index in [-0.39, 0.29) is 0 Å². The van der Waals surface area contributed by atoms with Crippen LogP contribution in [0.4, 0.5) is 0 Å². The van der Waals surface area contributed by atoms with Gasteiger partial charge in [-0.25, -0.2) is 0 Å². The first-order chi connectivity index (χ1) is 13.7. The summed E-state index contributed by atoms with van der Waals surface area (Å²) in [5, 5.41) is 27.9. The van der Waals surface area contributed by atoms with E-state index >= 15 is 0 Å². The second kappa shape index (κ2) is 5.53. The number of benzene rings is 4. The highest BCUT2D eigenvalue weighted by Crippen LogP contribution is 2.38. The molecule has 0 saturated heterocycles. The van der Waals surface area contributed by atoms with Gasteiger partial charge in [-0.1, -0.05) is 24.3 Å². The van der Waals surface area contributed by atoms with E-state index in [2.05, 4.69) is 60.7 Å². The minimum Gasteiger partial charge on any atom is -0.192 e.